The number of nitriles is 2. The molecule has 0 bridgehead atoms. The molecule has 15 aromatic rings. The molecule has 0 radical (unpaired) electrons. The molecular formula is C64H36N6. The Labute approximate surface area is 400 Å². The number of aromatic nitrogens is 4. The number of hydrogen-bond acceptors (Lipinski definition) is 2. The Morgan fingerprint density at radius 1 is 0.257 bits per heavy atom. The number of rotatable bonds is 4. The van der Waals surface area contributed by atoms with E-state index in [0.29, 0.717) is 22.5 Å². The zero-order chi connectivity index (χ0) is 46.2. The van der Waals surface area contributed by atoms with Gasteiger partial charge in [-0.25, -0.2) is 0 Å². The molecule has 15 rings (SSSR count). The monoisotopic (exact) mass is 888 g/mol. The van der Waals surface area contributed by atoms with Gasteiger partial charge in [-0.2, -0.15) is 10.5 Å². The average molecular weight is 889 g/mol. The van der Waals surface area contributed by atoms with Crippen molar-refractivity contribution in [2.75, 3.05) is 0 Å². The Balaban J connectivity index is 0.992. The first-order valence-corrected chi connectivity index (χ1v) is 23.6. The highest BCUT2D eigenvalue weighted by Crippen LogP contribution is 2.44. The third-order valence-corrected chi connectivity index (χ3v) is 14.8. The fraction of sp³-hybridized carbons (Fsp3) is 0. The number of fused-ring (bicyclic) bond motifs is 16. The van der Waals surface area contributed by atoms with Crippen molar-refractivity contribution in [2.24, 2.45) is 0 Å². The van der Waals surface area contributed by atoms with Gasteiger partial charge in [-0.1, -0.05) is 133 Å². The van der Waals surface area contributed by atoms with Crippen molar-refractivity contribution in [2.45, 2.75) is 0 Å². The van der Waals surface area contributed by atoms with Crippen LogP contribution in [0.15, 0.2) is 218 Å². The highest BCUT2D eigenvalue weighted by atomic mass is 15.0. The lowest BCUT2D eigenvalue weighted by molar-refractivity contribution is 1.12. The summed E-state index contributed by atoms with van der Waals surface area (Å²) in [6, 6.07) is 82.5. The van der Waals surface area contributed by atoms with E-state index < -0.39 is 0 Å². The van der Waals surface area contributed by atoms with Crippen LogP contribution >= 0.6 is 0 Å². The van der Waals surface area contributed by atoms with Crippen LogP contribution in [0.2, 0.25) is 0 Å². The van der Waals surface area contributed by atoms with Crippen molar-refractivity contribution in [1.29, 1.82) is 10.5 Å². The summed E-state index contributed by atoms with van der Waals surface area (Å²) in [5.74, 6) is 0. The van der Waals surface area contributed by atoms with Crippen LogP contribution in [0.4, 0.5) is 0 Å². The molecule has 0 aliphatic carbocycles. The van der Waals surface area contributed by atoms with Gasteiger partial charge in [0.15, 0.2) is 0 Å². The maximum atomic E-state index is 11.4. The summed E-state index contributed by atoms with van der Waals surface area (Å²) in [6.45, 7) is 0. The maximum absolute atomic E-state index is 11.4. The van der Waals surface area contributed by atoms with Crippen LogP contribution < -0.4 is 0 Å². The number of nitrogens with zero attached hydrogens (tertiary/aromatic N) is 6. The first-order chi connectivity index (χ1) is 34.7. The minimum Gasteiger partial charge on any atom is -0.309 e. The predicted octanol–water partition coefficient (Wildman–Crippen LogP) is 16.1. The van der Waals surface area contributed by atoms with Crippen molar-refractivity contribution in [3.8, 4) is 34.9 Å². The van der Waals surface area contributed by atoms with Crippen molar-refractivity contribution in [1.82, 2.24) is 18.3 Å². The third kappa shape index (κ3) is 5.08. The number of hydrogen-bond donors (Lipinski definition) is 0. The van der Waals surface area contributed by atoms with Crippen LogP contribution in [-0.4, -0.2) is 18.3 Å². The van der Waals surface area contributed by atoms with Crippen LogP contribution in [0.25, 0.3) is 132 Å². The van der Waals surface area contributed by atoms with E-state index in [1.54, 1.807) is 0 Å². The largest absolute Gasteiger partial charge is 0.309 e. The van der Waals surface area contributed by atoms with Gasteiger partial charge in [0.25, 0.3) is 0 Å². The van der Waals surface area contributed by atoms with Gasteiger partial charge in [0.1, 0.15) is 12.1 Å². The Morgan fingerprint density at radius 3 is 0.943 bits per heavy atom. The first kappa shape index (κ1) is 38.2. The Hall–Kier alpha value is -9.88. The third-order valence-electron chi connectivity index (χ3n) is 14.8. The molecule has 0 fully saturated rings. The van der Waals surface area contributed by atoms with Crippen LogP contribution in [0.3, 0.4) is 0 Å². The van der Waals surface area contributed by atoms with Crippen molar-refractivity contribution < 1.29 is 0 Å². The highest BCUT2D eigenvalue weighted by molar-refractivity contribution is 6.24. The fourth-order valence-corrected chi connectivity index (χ4v) is 11.9. The van der Waals surface area contributed by atoms with Gasteiger partial charge < -0.3 is 18.3 Å². The summed E-state index contributed by atoms with van der Waals surface area (Å²) in [5.41, 5.74) is 12.4. The average Bonchev–Trinajstić information content (AvgIpc) is 4.15. The van der Waals surface area contributed by atoms with Crippen LogP contribution in [0.1, 0.15) is 11.1 Å². The first-order valence-electron chi connectivity index (χ1n) is 23.6. The molecule has 0 aliphatic heterocycles. The van der Waals surface area contributed by atoms with Crippen molar-refractivity contribution >= 4 is 109 Å². The standard InChI is InChI=1S/C64H36N6/c65-37-51-52(38-66)60(70-58-32-28-42(36-50(58)64-44-16-4-2-14-40(44)26-30-62(64)70)68-55-23-11-7-19-47(55)48-20-8-12-24-56(48)68)34-33-59(51)69-57-31-27-41(35-49(57)63-43-15-3-1-13-39(43)25-29-61(63)69)67-53-21-9-5-17-45(53)46-18-6-10-22-54(46)67/h1-36H. The van der Waals surface area contributed by atoms with Crippen LogP contribution in [-0.2, 0) is 0 Å². The van der Waals surface area contributed by atoms with E-state index in [1.807, 2.05) is 12.1 Å². The molecule has 0 amide bonds. The van der Waals surface area contributed by atoms with E-state index in [-0.39, 0.29) is 0 Å². The Bertz CT molecular complexity index is 4450. The zero-order valence-electron chi connectivity index (χ0n) is 37.5. The van der Waals surface area contributed by atoms with Gasteiger partial charge in [-0.05, 0) is 106 Å². The van der Waals surface area contributed by atoms with Gasteiger partial charge in [0.2, 0.25) is 0 Å². The van der Waals surface area contributed by atoms with E-state index in [4.69, 9.17) is 0 Å². The summed E-state index contributed by atoms with van der Waals surface area (Å²) >= 11 is 0. The maximum Gasteiger partial charge on any atom is 0.103 e. The normalized spacial score (nSPS) is 12.0. The van der Waals surface area contributed by atoms with Crippen molar-refractivity contribution in [3.63, 3.8) is 0 Å². The SMILES string of the molecule is N#Cc1c(-n2c3ccc(-n4c5ccccc5c5ccccc54)cc3c3c4ccccc4ccc32)ccc(-n2c3ccc(-n4c5ccccc5c5ccccc54)cc3c3c4ccccc4ccc32)c1C#N. The predicted molar refractivity (Wildman–Crippen MR) is 288 cm³/mol. The lowest BCUT2D eigenvalue weighted by Crippen LogP contribution is -2.05. The summed E-state index contributed by atoms with van der Waals surface area (Å²) in [7, 11) is 0. The van der Waals surface area contributed by atoms with E-state index in [0.717, 1.165) is 98.6 Å². The molecule has 6 heteroatoms. The molecule has 0 unspecified atom stereocenters. The van der Waals surface area contributed by atoms with E-state index >= 15 is 0 Å². The van der Waals surface area contributed by atoms with Gasteiger partial charge in [-0.15, -0.1) is 0 Å². The molecule has 0 saturated heterocycles. The molecule has 0 aliphatic rings. The smallest absolute Gasteiger partial charge is 0.103 e. The molecule has 0 atom stereocenters. The summed E-state index contributed by atoms with van der Waals surface area (Å²) in [4.78, 5) is 0. The van der Waals surface area contributed by atoms with Crippen molar-refractivity contribution in [3.05, 3.63) is 230 Å². The molecule has 6 nitrogen and oxygen atoms in total. The van der Waals surface area contributed by atoms with Crippen LogP contribution in [0.5, 0.6) is 0 Å². The molecule has 0 saturated carbocycles. The van der Waals surface area contributed by atoms with Gasteiger partial charge in [-0.3, -0.25) is 0 Å². The summed E-state index contributed by atoms with van der Waals surface area (Å²) in [5, 5.41) is 36.4. The Kier molecular flexibility index (Phi) is 7.82. The number of benzene rings is 11. The molecule has 4 aromatic heterocycles. The fourth-order valence-electron chi connectivity index (χ4n) is 11.9. The second kappa shape index (κ2) is 14.3. The lowest BCUT2D eigenvalue weighted by Gasteiger charge is -2.16. The second-order valence-corrected chi connectivity index (χ2v) is 18.3. The molecule has 11 aromatic carbocycles. The molecular weight excluding hydrogens is 853 g/mol. The van der Waals surface area contributed by atoms with Gasteiger partial charge in [0.05, 0.1) is 66.6 Å². The van der Waals surface area contributed by atoms with E-state index in [9.17, 15) is 10.5 Å². The number of para-hydroxylation sites is 4. The lowest BCUT2D eigenvalue weighted by atomic mass is 10.0. The summed E-state index contributed by atoms with van der Waals surface area (Å²) < 4.78 is 9.08. The van der Waals surface area contributed by atoms with E-state index in [2.05, 4.69) is 237 Å². The molecule has 322 valence electrons. The molecule has 0 spiro atoms. The molecule has 0 N–H and O–H groups in total. The second-order valence-electron chi connectivity index (χ2n) is 18.3. The Morgan fingerprint density at radius 2 is 0.571 bits per heavy atom. The minimum atomic E-state index is 0.316. The summed E-state index contributed by atoms with van der Waals surface area (Å²) in [6.07, 6.45) is 0. The molecule has 4 heterocycles. The van der Waals surface area contributed by atoms with Gasteiger partial charge >= 0.3 is 0 Å². The highest BCUT2D eigenvalue weighted by Gasteiger charge is 2.25. The van der Waals surface area contributed by atoms with Gasteiger partial charge in [0, 0.05) is 54.5 Å². The quantitative estimate of drug-likeness (QED) is 0.177. The molecule has 70 heavy (non-hydrogen) atoms. The topological polar surface area (TPSA) is 67.3 Å². The van der Waals surface area contributed by atoms with E-state index in [1.165, 1.54) is 21.5 Å². The van der Waals surface area contributed by atoms with Crippen LogP contribution in [0, 0.1) is 22.7 Å². The minimum absolute atomic E-state index is 0.316. The zero-order valence-corrected chi connectivity index (χ0v) is 37.5.